The molecule has 0 bridgehead atoms. The highest BCUT2D eigenvalue weighted by Crippen LogP contribution is 1.67. The van der Waals surface area contributed by atoms with E-state index in [1.165, 1.54) is 0 Å². The summed E-state index contributed by atoms with van der Waals surface area (Å²) in [6.07, 6.45) is 0. The van der Waals surface area contributed by atoms with Crippen LogP contribution in [0.2, 0.25) is 0 Å². The van der Waals surface area contributed by atoms with Crippen LogP contribution in [-0.2, 0) is 0 Å². The van der Waals surface area contributed by atoms with Gasteiger partial charge in [0.1, 0.15) is 0 Å². The Labute approximate surface area is 110 Å². The summed E-state index contributed by atoms with van der Waals surface area (Å²) in [5.41, 5.74) is 0. The normalized spacial score (nSPS) is 3.88. The maximum absolute atomic E-state index is 2.63. The summed E-state index contributed by atoms with van der Waals surface area (Å²) >= 11 is 1.90. The molecule has 1 heteroatoms. The monoisotopic (exact) mass is 310 g/mol. The maximum atomic E-state index is 2.63. The van der Waals surface area contributed by atoms with Crippen molar-refractivity contribution in [1.82, 2.24) is 0 Å². The van der Waals surface area contributed by atoms with Gasteiger partial charge in [0.2, 0.25) is 0 Å². The molecule has 0 amide bonds. The van der Waals surface area contributed by atoms with Gasteiger partial charge in [0, 0.05) is 22.6 Å². The minimum atomic E-state index is 1.71. The highest BCUT2D eigenvalue weighted by molar-refractivity contribution is 14.1. The largest absolute Gasteiger partial charge is 0.0925 e. The van der Waals surface area contributed by atoms with Crippen LogP contribution >= 0.6 is 22.6 Å². The van der Waals surface area contributed by atoms with Crippen LogP contribution < -0.4 is 0 Å². The Bertz CT molecular complexity index is 599. The molecule has 0 N–H and O–H groups in total. The fourth-order valence-electron chi connectivity index (χ4n) is 0.399. The van der Waals surface area contributed by atoms with E-state index in [1.54, 1.807) is 6.92 Å². The SMILES string of the molecule is CC#CC#CC#CC#CC#CC#CC#CI. The Morgan fingerprint density at radius 3 is 1.12 bits per heavy atom. The lowest BCUT2D eigenvalue weighted by Crippen LogP contribution is -1.55. The summed E-state index contributed by atoms with van der Waals surface area (Å²) in [5.74, 6) is 32.9. The van der Waals surface area contributed by atoms with Gasteiger partial charge in [-0.1, -0.05) is 5.92 Å². The minimum absolute atomic E-state index is 1.71. The third kappa shape index (κ3) is 11.6. The number of rotatable bonds is 0. The van der Waals surface area contributed by atoms with E-state index < -0.39 is 0 Å². The van der Waals surface area contributed by atoms with E-state index in [-0.39, 0.29) is 0 Å². The summed E-state index contributed by atoms with van der Waals surface area (Å²) in [6.45, 7) is 1.71. The molecule has 70 valence electrons. The van der Waals surface area contributed by atoms with Gasteiger partial charge < -0.3 is 0 Å². The van der Waals surface area contributed by atoms with Gasteiger partial charge in [-0.3, -0.25) is 0 Å². The Kier molecular flexibility index (Phi) is 10.8. The van der Waals surface area contributed by atoms with Crippen molar-refractivity contribution in [3.8, 4) is 80.9 Å². The fraction of sp³-hybridized carbons (Fsp3) is 0.0667. The molecule has 0 atom stereocenters. The van der Waals surface area contributed by atoms with Crippen LogP contribution in [0.15, 0.2) is 0 Å². The third-order valence-electron chi connectivity index (χ3n) is 0.860. The van der Waals surface area contributed by atoms with Gasteiger partial charge in [-0.25, -0.2) is 0 Å². The molecule has 0 saturated heterocycles. The first-order valence-electron chi connectivity index (χ1n) is 3.94. The van der Waals surface area contributed by atoms with Gasteiger partial charge in [-0.05, 0) is 81.9 Å². The predicted molar refractivity (Wildman–Crippen MR) is 74.1 cm³/mol. The topological polar surface area (TPSA) is 0 Å². The molecule has 0 radical (unpaired) electrons. The lowest BCUT2D eigenvalue weighted by molar-refractivity contribution is 1.92. The van der Waals surface area contributed by atoms with E-state index in [0.717, 1.165) is 0 Å². The first-order chi connectivity index (χ1) is 7.91. The summed E-state index contributed by atoms with van der Waals surface area (Å²) in [7, 11) is 0. The quantitative estimate of drug-likeness (QED) is 0.469. The van der Waals surface area contributed by atoms with Crippen LogP contribution in [0.4, 0.5) is 0 Å². The van der Waals surface area contributed by atoms with Crippen LogP contribution in [0.3, 0.4) is 0 Å². The predicted octanol–water partition coefficient (Wildman–Crippen LogP) is 1.42. The molecule has 0 aromatic rings. The molecule has 0 heterocycles. The van der Waals surface area contributed by atoms with Crippen molar-refractivity contribution >= 4 is 22.6 Å². The zero-order valence-corrected chi connectivity index (χ0v) is 10.5. The van der Waals surface area contributed by atoms with Crippen molar-refractivity contribution in [3.05, 3.63) is 0 Å². The van der Waals surface area contributed by atoms with Crippen molar-refractivity contribution in [3.63, 3.8) is 0 Å². The highest BCUT2D eigenvalue weighted by atomic mass is 127. The van der Waals surface area contributed by atoms with Crippen LogP contribution in [0, 0.1) is 80.9 Å². The van der Waals surface area contributed by atoms with Crippen molar-refractivity contribution in [1.29, 1.82) is 0 Å². The third-order valence-corrected chi connectivity index (χ3v) is 1.13. The van der Waals surface area contributed by atoms with Gasteiger partial charge in [-0.15, -0.1) is 0 Å². The lowest BCUT2D eigenvalue weighted by Gasteiger charge is -1.55. The lowest BCUT2D eigenvalue weighted by atomic mass is 10.5. The number of hydrogen-bond acceptors (Lipinski definition) is 0. The van der Waals surface area contributed by atoms with E-state index in [0.29, 0.717) is 0 Å². The highest BCUT2D eigenvalue weighted by Gasteiger charge is 1.56. The summed E-state index contributed by atoms with van der Waals surface area (Å²) in [6, 6.07) is 0. The number of halogens is 1. The molecule has 0 aromatic heterocycles. The van der Waals surface area contributed by atoms with Crippen LogP contribution in [-0.4, -0.2) is 0 Å². The molecule has 0 saturated carbocycles. The first-order valence-corrected chi connectivity index (χ1v) is 5.02. The van der Waals surface area contributed by atoms with Gasteiger partial charge in [0.05, 0.1) is 0 Å². The summed E-state index contributed by atoms with van der Waals surface area (Å²) < 4.78 is 2.60. The molecule has 0 aliphatic heterocycles. The zero-order chi connectivity index (χ0) is 11.9. The first kappa shape index (κ1) is 13.7. The molecule has 0 aliphatic rings. The Balaban J connectivity index is 4.23. The molecular formula is C15H3I. The summed E-state index contributed by atoms with van der Waals surface area (Å²) in [5, 5.41) is 0. The molecule has 0 spiro atoms. The smallest absolute Gasteiger partial charge is 0.0192 e. The molecule has 0 nitrogen and oxygen atoms in total. The van der Waals surface area contributed by atoms with Crippen LogP contribution in [0.1, 0.15) is 6.92 Å². The van der Waals surface area contributed by atoms with Gasteiger partial charge >= 0.3 is 0 Å². The van der Waals surface area contributed by atoms with E-state index in [1.807, 2.05) is 22.6 Å². The van der Waals surface area contributed by atoms with Gasteiger partial charge in [-0.2, -0.15) is 0 Å². The van der Waals surface area contributed by atoms with E-state index in [2.05, 4.69) is 80.9 Å². The molecule has 0 rings (SSSR count). The molecule has 16 heavy (non-hydrogen) atoms. The number of hydrogen-bond donors (Lipinski definition) is 0. The fourth-order valence-corrected chi connectivity index (χ4v) is 0.533. The van der Waals surface area contributed by atoms with E-state index in [9.17, 15) is 0 Å². The second kappa shape index (κ2) is 12.7. The van der Waals surface area contributed by atoms with Gasteiger partial charge in [0.15, 0.2) is 0 Å². The Morgan fingerprint density at radius 2 is 0.812 bits per heavy atom. The van der Waals surface area contributed by atoms with E-state index in [4.69, 9.17) is 0 Å². The Morgan fingerprint density at radius 1 is 0.500 bits per heavy atom. The molecule has 0 unspecified atom stereocenters. The molecular weight excluding hydrogens is 307 g/mol. The van der Waals surface area contributed by atoms with Crippen LogP contribution in [0.5, 0.6) is 0 Å². The van der Waals surface area contributed by atoms with Crippen molar-refractivity contribution in [2.75, 3.05) is 0 Å². The van der Waals surface area contributed by atoms with Crippen molar-refractivity contribution in [2.24, 2.45) is 0 Å². The zero-order valence-electron chi connectivity index (χ0n) is 8.38. The van der Waals surface area contributed by atoms with Crippen molar-refractivity contribution in [2.45, 2.75) is 6.92 Å². The average Bonchev–Trinajstić information content (AvgIpc) is 2.31. The van der Waals surface area contributed by atoms with Gasteiger partial charge in [0.25, 0.3) is 0 Å². The maximum Gasteiger partial charge on any atom is 0.0192 e. The van der Waals surface area contributed by atoms with Crippen molar-refractivity contribution < 1.29 is 0 Å². The molecule has 0 aromatic carbocycles. The van der Waals surface area contributed by atoms with E-state index >= 15 is 0 Å². The second-order valence-corrected chi connectivity index (χ2v) is 2.38. The standard InChI is InChI=1S/C15H3I/c1-2-3-4-5-6-7-8-9-10-11-12-13-14-15-16/h1H3. The molecule has 0 aliphatic carbocycles. The van der Waals surface area contributed by atoms with Crippen LogP contribution in [0.25, 0.3) is 0 Å². The Hall–Kier alpha value is -2.35. The average molecular weight is 310 g/mol. The second-order valence-electron chi connectivity index (χ2n) is 1.84. The summed E-state index contributed by atoms with van der Waals surface area (Å²) in [4.78, 5) is 0. The minimum Gasteiger partial charge on any atom is -0.0925 e. The molecule has 0 fully saturated rings.